The van der Waals surface area contributed by atoms with Gasteiger partial charge in [0.2, 0.25) is 0 Å². The van der Waals surface area contributed by atoms with Crippen molar-refractivity contribution in [1.82, 2.24) is 10.3 Å². The van der Waals surface area contributed by atoms with Crippen LogP contribution in [0, 0.1) is 6.92 Å². The molecule has 1 aromatic heterocycles. The lowest BCUT2D eigenvalue weighted by molar-refractivity contribution is 0.516. The van der Waals surface area contributed by atoms with Gasteiger partial charge in [-0.1, -0.05) is 6.92 Å². The smallest absolute Gasteiger partial charge is 0.0897 e. The second-order valence-electron chi connectivity index (χ2n) is 3.73. The van der Waals surface area contributed by atoms with Gasteiger partial charge in [-0.05, 0) is 26.5 Å². The zero-order chi connectivity index (χ0) is 11.3. The molecule has 2 nitrogen and oxygen atoms in total. The molecule has 0 radical (unpaired) electrons. The summed E-state index contributed by atoms with van der Waals surface area (Å²) in [5, 5.41) is 4.74. The fraction of sp³-hybridized carbons (Fsp3) is 0.727. The summed E-state index contributed by atoms with van der Waals surface area (Å²) in [6.07, 6.45) is 1.98. The van der Waals surface area contributed by atoms with Crippen LogP contribution < -0.4 is 5.32 Å². The molecule has 2 unspecified atom stereocenters. The molecule has 1 rings (SSSR count). The molecule has 1 heterocycles. The Morgan fingerprint density at radius 3 is 2.80 bits per heavy atom. The molecule has 0 saturated heterocycles. The summed E-state index contributed by atoms with van der Waals surface area (Å²) in [5.74, 6) is 2.37. The number of rotatable bonds is 6. The minimum Gasteiger partial charge on any atom is -0.306 e. The predicted octanol–water partition coefficient (Wildman–Crippen LogP) is 3.24. The lowest BCUT2D eigenvalue weighted by Gasteiger charge is -2.18. The molecular formula is C11H20N2S2. The summed E-state index contributed by atoms with van der Waals surface area (Å²) in [6, 6.07) is 0.982. The quantitative estimate of drug-likeness (QED) is 0.831. The molecule has 0 saturated carbocycles. The van der Waals surface area contributed by atoms with Gasteiger partial charge in [-0.2, -0.15) is 11.8 Å². The van der Waals surface area contributed by atoms with E-state index >= 15 is 0 Å². The van der Waals surface area contributed by atoms with E-state index in [0.29, 0.717) is 12.1 Å². The zero-order valence-corrected chi connectivity index (χ0v) is 11.5. The van der Waals surface area contributed by atoms with Crippen molar-refractivity contribution >= 4 is 23.1 Å². The molecule has 0 fully saturated rings. The Labute approximate surface area is 101 Å². The summed E-state index contributed by atoms with van der Waals surface area (Å²) < 4.78 is 0. The zero-order valence-electron chi connectivity index (χ0n) is 9.91. The molecule has 86 valence electrons. The number of aryl methyl sites for hydroxylation is 1. The fourth-order valence-electron chi connectivity index (χ4n) is 1.43. The van der Waals surface area contributed by atoms with E-state index in [4.69, 9.17) is 0 Å². The van der Waals surface area contributed by atoms with Crippen molar-refractivity contribution in [3.05, 3.63) is 16.1 Å². The van der Waals surface area contributed by atoms with Gasteiger partial charge in [0.05, 0.1) is 5.01 Å². The first-order chi connectivity index (χ1) is 7.13. The third-order valence-electron chi connectivity index (χ3n) is 2.17. The minimum atomic E-state index is 0.420. The molecule has 0 aliphatic heterocycles. The Hall–Kier alpha value is -0.0600. The van der Waals surface area contributed by atoms with Gasteiger partial charge in [0.1, 0.15) is 0 Å². The molecular weight excluding hydrogens is 224 g/mol. The summed E-state index contributed by atoms with van der Waals surface area (Å²) >= 11 is 3.77. The van der Waals surface area contributed by atoms with Gasteiger partial charge in [-0.15, -0.1) is 11.3 Å². The Balaban J connectivity index is 2.38. The number of nitrogens with one attached hydrogen (secondary N) is 1. The van der Waals surface area contributed by atoms with Crippen LogP contribution in [-0.4, -0.2) is 22.5 Å². The number of nitrogens with zero attached hydrogens (tertiary/aromatic N) is 1. The van der Waals surface area contributed by atoms with Crippen LogP contribution in [-0.2, 0) is 0 Å². The second kappa shape index (κ2) is 6.51. The van der Waals surface area contributed by atoms with Crippen molar-refractivity contribution in [3.8, 4) is 0 Å². The maximum Gasteiger partial charge on any atom is 0.0897 e. The molecule has 0 aliphatic rings. The third-order valence-corrected chi connectivity index (χ3v) is 4.41. The van der Waals surface area contributed by atoms with Crippen LogP contribution in [0.3, 0.4) is 0 Å². The lowest BCUT2D eigenvalue weighted by Crippen LogP contribution is -2.30. The normalized spacial score (nSPS) is 15.2. The maximum atomic E-state index is 4.28. The highest BCUT2D eigenvalue weighted by atomic mass is 32.2. The van der Waals surface area contributed by atoms with Gasteiger partial charge in [0, 0.05) is 28.9 Å². The predicted molar refractivity (Wildman–Crippen MR) is 70.9 cm³/mol. The molecule has 0 bridgehead atoms. The van der Waals surface area contributed by atoms with Crippen molar-refractivity contribution in [2.24, 2.45) is 0 Å². The van der Waals surface area contributed by atoms with Crippen LogP contribution in [0.15, 0.2) is 6.20 Å². The maximum absolute atomic E-state index is 4.28. The topological polar surface area (TPSA) is 24.9 Å². The van der Waals surface area contributed by atoms with Gasteiger partial charge in [0.15, 0.2) is 0 Å². The number of hydrogen-bond donors (Lipinski definition) is 1. The Morgan fingerprint density at radius 2 is 2.27 bits per heavy atom. The molecule has 1 aromatic rings. The highest BCUT2D eigenvalue weighted by Gasteiger charge is 2.11. The first-order valence-corrected chi connectivity index (χ1v) is 7.36. The molecule has 15 heavy (non-hydrogen) atoms. The van der Waals surface area contributed by atoms with E-state index in [-0.39, 0.29) is 0 Å². The number of thioether (sulfide) groups is 1. The highest BCUT2D eigenvalue weighted by molar-refractivity contribution is 7.99. The monoisotopic (exact) mass is 244 g/mol. The van der Waals surface area contributed by atoms with Gasteiger partial charge in [-0.3, -0.25) is 0 Å². The van der Waals surface area contributed by atoms with Crippen molar-refractivity contribution in [3.63, 3.8) is 0 Å². The van der Waals surface area contributed by atoms with Crippen molar-refractivity contribution in [2.75, 3.05) is 11.5 Å². The Kier molecular flexibility index (Phi) is 5.64. The SMILES string of the molecule is CCSCC(C)NC(C)c1cnc(C)s1. The van der Waals surface area contributed by atoms with Crippen molar-refractivity contribution in [1.29, 1.82) is 0 Å². The molecule has 0 aliphatic carbocycles. The molecule has 2 atom stereocenters. The van der Waals surface area contributed by atoms with E-state index < -0.39 is 0 Å². The second-order valence-corrected chi connectivity index (χ2v) is 6.32. The molecule has 1 N–H and O–H groups in total. The first kappa shape index (κ1) is 13.0. The Bertz CT molecular complexity index is 286. The fourth-order valence-corrected chi connectivity index (χ4v) is 2.91. The van der Waals surface area contributed by atoms with E-state index in [1.165, 1.54) is 16.4 Å². The average molecular weight is 244 g/mol. The van der Waals surface area contributed by atoms with Gasteiger partial charge in [0.25, 0.3) is 0 Å². The van der Waals surface area contributed by atoms with Gasteiger partial charge < -0.3 is 5.32 Å². The number of thiazole rings is 1. The largest absolute Gasteiger partial charge is 0.306 e. The lowest BCUT2D eigenvalue weighted by atomic mass is 10.2. The van der Waals surface area contributed by atoms with Crippen molar-refractivity contribution in [2.45, 2.75) is 39.8 Å². The van der Waals surface area contributed by atoms with E-state index in [1.54, 1.807) is 11.3 Å². The van der Waals surface area contributed by atoms with Crippen LogP contribution >= 0.6 is 23.1 Å². The van der Waals surface area contributed by atoms with E-state index in [0.717, 1.165) is 5.01 Å². The molecule has 4 heteroatoms. The van der Waals surface area contributed by atoms with Gasteiger partial charge in [-0.25, -0.2) is 4.98 Å². The van der Waals surface area contributed by atoms with Crippen LogP contribution in [0.25, 0.3) is 0 Å². The van der Waals surface area contributed by atoms with E-state index in [2.05, 4.69) is 38.0 Å². The van der Waals surface area contributed by atoms with E-state index in [1.807, 2.05) is 18.0 Å². The number of hydrogen-bond acceptors (Lipinski definition) is 4. The van der Waals surface area contributed by atoms with Gasteiger partial charge >= 0.3 is 0 Å². The molecule has 0 aromatic carbocycles. The number of aromatic nitrogens is 1. The standard InChI is InChI=1S/C11H20N2S2/c1-5-14-7-8(2)13-9(3)11-6-12-10(4)15-11/h6,8-9,13H,5,7H2,1-4H3. The molecule has 0 amide bonds. The highest BCUT2D eigenvalue weighted by Crippen LogP contribution is 2.20. The first-order valence-electron chi connectivity index (χ1n) is 5.39. The third kappa shape index (κ3) is 4.53. The molecule has 0 spiro atoms. The van der Waals surface area contributed by atoms with Crippen molar-refractivity contribution < 1.29 is 0 Å². The average Bonchev–Trinajstić information content (AvgIpc) is 2.61. The Morgan fingerprint density at radius 1 is 1.53 bits per heavy atom. The minimum absolute atomic E-state index is 0.420. The van der Waals surface area contributed by atoms with Crippen LogP contribution in [0.1, 0.15) is 36.7 Å². The summed E-state index contributed by atoms with van der Waals surface area (Å²) in [7, 11) is 0. The van der Waals surface area contributed by atoms with Crippen LogP contribution in [0.4, 0.5) is 0 Å². The van der Waals surface area contributed by atoms with Crippen LogP contribution in [0.5, 0.6) is 0 Å². The summed E-state index contributed by atoms with van der Waals surface area (Å²) in [4.78, 5) is 5.61. The summed E-state index contributed by atoms with van der Waals surface area (Å²) in [6.45, 7) is 8.71. The van der Waals surface area contributed by atoms with E-state index in [9.17, 15) is 0 Å². The summed E-state index contributed by atoms with van der Waals surface area (Å²) in [5.41, 5.74) is 0. The van der Waals surface area contributed by atoms with Crippen LogP contribution in [0.2, 0.25) is 0 Å².